The molecule has 0 amide bonds. The fraction of sp³-hybridized carbons (Fsp3) is 0.462. The number of hydrogen-bond donors (Lipinski definition) is 0. The Morgan fingerprint density at radius 1 is 1.50 bits per heavy atom. The van der Waals surface area contributed by atoms with E-state index in [1.807, 2.05) is 0 Å². The summed E-state index contributed by atoms with van der Waals surface area (Å²) >= 11 is 1.62. The first-order valence-corrected chi connectivity index (χ1v) is 9.19. The fourth-order valence-corrected chi connectivity index (χ4v) is 5.01. The molecule has 1 fully saturated rings. The number of hydrogen-bond acceptors (Lipinski definition) is 6. The van der Waals surface area contributed by atoms with Crippen molar-refractivity contribution < 1.29 is 13.2 Å². The van der Waals surface area contributed by atoms with Crippen molar-refractivity contribution >= 4 is 27.3 Å². The first-order chi connectivity index (χ1) is 9.47. The minimum absolute atomic E-state index is 0.464. The monoisotopic (exact) mass is 312 g/mol. The molecule has 0 aliphatic carbocycles. The molecule has 1 saturated heterocycles. The van der Waals surface area contributed by atoms with Crippen LogP contribution < -0.4 is 9.64 Å². The highest BCUT2D eigenvalue weighted by Crippen LogP contribution is 2.32. The van der Waals surface area contributed by atoms with Gasteiger partial charge in [-0.2, -0.15) is 17.0 Å². The van der Waals surface area contributed by atoms with Gasteiger partial charge >= 0.3 is 0 Å². The molecule has 2 rings (SSSR count). The molecule has 0 saturated carbocycles. The lowest BCUT2D eigenvalue weighted by atomic mass is 10.1. The van der Waals surface area contributed by atoms with Crippen LogP contribution in [-0.4, -0.2) is 45.2 Å². The van der Waals surface area contributed by atoms with Gasteiger partial charge in [-0.05, 0) is 12.1 Å². The maximum absolute atomic E-state index is 12.0. The van der Waals surface area contributed by atoms with Gasteiger partial charge in [0.1, 0.15) is 17.2 Å². The molecule has 0 radical (unpaired) electrons. The molecule has 0 N–H and O–H groups in total. The van der Waals surface area contributed by atoms with Crippen LogP contribution in [0.4, 0.5) is 5.69 Å². The largest absolute Gasteiger partial charge is 0.497 e. The number of ether oxygens (including phenoxy) is 1. The van der Waals surface area contributed by atoms with E-state index in [1.54, 1.807) is 42.0 Å². The number of rotatable bonds is 3. The molecule has 0 bridgehead atoms. The number of nitriles is 1. The third kappa shape index (κ3) is 3.02. The molecule has 1 atom stereocenters. The SMILES string of the molecule is COc1ccc(C#N)c(N2CCSCC2S(C)(=O)=O)c1. The maximum Gasteiger partial charge on any atom is 0.169 e. The van der Waals surface area contributed by atoms with Gasteiger partial charge < -0.3 is 9.64 Å². The molecular weight excluding hydrogens is 296 g/mol. The summed E-state index contributed by atoms with van der Waals surface area (Å²) in [4.78, 5) is 1.80. The van der Waals surface area contributed by atoms with Gasteiger partial charge in [0.05, 0.1) is 18.4 Å². The Bertz CT molecular complexity index is 638. The highest BCUT2D eigenvalue weighted by molar-refractivity contribution is 8.01. The smallest absolute Gasteiger partial charge is 0.169 e. The Morgan fingerprint density at radius 3 is 2.85 bits per heavy atom. The van der Waals surface area contributed by atoms with E-state index in [4.69, 9.17) is 4.74 Å². The van der Waals surface area contributed by atoms with E-state index in [9.17, 15) is 13.7 Å². The van der Waals surface area contributed by atoms with Crippen LogP contribution in [0.3, 0.4) is 0 Å². The molecule has 1 aromatic rings. The van der Waals surface area contributed by atoms with Gasteiger partial charge in [-0.25, -0.2) is 8.42 Å². The molecule has 20 heavy (non-hydrogen) atoms. The molecule has 7 heteroatoms. The van der Waals surface area contributed by atoms with E-state index < -0.39 is 15.2 Å². The Kier molecular flexibility index (Phi) is 4.45. The number of methoxy groups -OCH3 is 1. The molecule has 1 aromatic carbocycles. The molecule has 1 aliphatic heterocycles. The van der Waals surface area contributed by atoms with Gasteiger partial charge in [0, 0.05) is 30.4 Å². The topological polar surface area (TPSA) is 70.4 Å². The second kappa shape index (κ2) is 5.94. The van der Waals surface area contributed by atoms with Gasteiger partial charge in [-0.1, -0.05) is 0 Å². The van der Waals surface area contributed by atoms with Gasteiger partial charge in [0.2, 0.25) is 0 Å². The summed E-state index contributed by atoms with van der Waals surface area (Å²) in [6, 6.07) is 7.21. The molecule has 1 unspecified atom stereocenters. The highest BCUT2D eigenvalue weighted by Gasteiger charge is 2.32. The zero-order valence-electron chi connectivity index (χ0n) is 11.4. The van der Waals surface area contributed by atoms with Crippen LogP contribution in [0.1, 0.15) is 5.56 Å². The predicted molar refractivity (Wildman–Crippen MR) is 81.0 cm³/mol. The molecule has 0 spiro atoms. The summed E-state index contributed by atoms with van der Waals surface area (Å²) in [5.74, 6) is 1.97. The normalized spacial score (nSPS) is 19.4. The van der Waals surface area contributed by atoms with Gasteiger partial charge in [0.15, 0.2) is 9.84 Å². The van der Waals surface area contributed by atoms with Crippen LogP contribution in [0.2, 0.25) is 0 Å². The van der Waals surface area contributed by atoms with Crippen LogP contribution in [-0.2, 0) is 9.84 Å². The van der Waals surface area contributed by atoms with Crippen LogP contribution in [0.15, 0.2) is 18.2 Å². The minimum atomic E-state index is -3.21. The van der Waals surface area contributed by atoms with E-state index in [-0.39, 0.29) is 0 Å². The van der Waals surface area contributed by atoms with Crippen molar-refractivity contribution in [3.05, 3.63) is 23.8 Å². The summed E-state index contributed by atoms with van der Waals surface area (Å²) in [7, 11) is -1.67. The quantitative estimate of drug-likeness (QED) is 0.842. The number of benzene rings is 1. The highest BCUT2D eigenvalue weighted by atomic mass is 32.2. The van der Waals surface area contributed by atoms with Crippen molar-refractivity contribution in [1.82, 2.24) is 0 Å². The second-order valence-corrected chi connectivity index (χ2v) is 7.90. The Hall–Kier alpha value is -1.39. The first kappa shape index (κ1) is 15.0. The molecule has 1 heterocycles. The summed E-state index contributed by atoms with van der Waals surface area (Å²) < 4.78 is 29.1. The van der Waals surface area contributed by atoms with E-state index in [0.29, 0.717) is 29.3 Å². The van der Waals surface area contributed by atoms with Crippen molar-refractivity contribution in [2.45, 2.75) is 5.37 Å². The van der Waals surface area contributed by atoms with Gasteiger partial charge in [-0.3, -0.25) is 0 Å². The Labute approximate surface area is 123 Å². The van der Waals surface area contributed by atoms with Gasteiger partial charge in [-0.15, -0.1) is 0 Å². The van der Waals surface area contributed by atoms with E-state index >= 15 is 0 Å². The van der Waals surface area contributed by atoms with E-state index in [1.165, 1.54) is 6.26 Å². The Balaban J connectivity index is 2.49. The van der Waals surface area contributed by atoms with E-state index in [2.05, 4.69) is 6.07 Å². The molecule has 1 aliphatic rings. The van der Waals surface area contributed by atoms with E-state index in [0.717, 1.165) is 5.75 Å². The third-order valence-electron chi connectivity index (χ3n) is 3.21. The Morgan fingerprint density at radius 2 is 2.25 bits per heavy atom. The lowest BCUT2D eigenvalue weighted by Gasteiger charge is -2.36. The fourth-order valence-electron chi connectivity index (χ4n) is 2.18. The molecular formula is C13H16N2O3S2. The van der Waals surface area contributed by atoms with Crippen molar-refractivity contribution in [3.63, 3.8) is 0 Å². The lowest BCUT2D eigenvalue weighted by Crippen LogP contribution is -2.47. The van der Waals surface area contributed by atoms with Crippen LogP contribution >= 0.6 is 11.8 Å². The molecule has 0 aromatic heterocycles. The second-order valence-electron chi connectivity index (χ2n) is 4.55. The average Bonchev–Trinajstić information content (AvgIpc) is 2.45. The third-order valence-corrected chi connectivity index (χ3v) is 5.86. The predicted octanol–water partition coefficient (Wildman–Crippen LogP) is 1.49. The van der Waals surface area contributed by atoms with Crippen molar-refractivity contribution in [2.24, 2.45) is 0 Å². The van der Waals surface area contributed by atoms with Crippen LogP contribution in [0.25, 0.3) is 0 Å². The minimum Gasteiger partial charge on any atom is -0.497 e. The number of anilines is 1. The standard InChI is InChI=1S/C13H16N2O3S2/c1-18-11-4-3-10(8-14)12(7-11)15-5-6-19-9-13(15)20(2,16)17/h3-4,7,13H,5-6,9H2,1-2H3. The average molecular weight is 312 g/mol. The zero-order chi connectivity index (χ0) is 14.8. The summed E-state index contributed by atoms with van der Waals surface area (Å²) in [5.41, 5.74) is 1.09. The van der Waals surface area contributed by atoms with Crippen molar-refractivity contribution in [2.75, 3.05) is 36.3 Å². The summed E-state index contributed by atoms with van der Waals surface area (Å²) in [6.45, 7) is 0.601. The van der Waals surface area contributed by atoms with Crippen LogP contribution in [0, 0.1) is 11.3 Å². The number of nitrogens with zero attached hydrogens (tertiary/aromatic N) is 2. The zero-order valence-corrected chi connectivity index (χ0v) is 13.0. The first-order valence-electron chi connectivity index (χ1n) is 6.08. The maximum atomic E-state index is 12.0. The van der Waals surface area contributed by atoms with Crippen LogP contribution in [0.5, 0.6) is 5.75 Å². The number of thioether (sulfide) groups is 1. The van der Waals surface area contributed by atoms with Gasteiger partial charge in [0.25, 0.3) is 0 Å². The number of sulfone groups is 1. The summed E-state index contributed by atoms with van der Waals surface area (Å²) in [6.07, 6.45) is 1.24. The molecule has 108 valence electrons. The summed E-state index contributed by atoms with van der Waals surface area (Å²) in [5, 5.41) is 8.63. The molecule has 5 nitrogen and oxygen atoms in total. The lowest BCUT2D eigenvalue weighted by molar-refractivity contribution is 0.414. The van der Waals surface area contributed by atoms with Crippen molar-refractivity contribution in [3.8, 4) is 11.8 Å². The van der Waals surface area contributed by atoms with Crippen molar-refractivity contribution in [1.29, 1.82) is 5.26 Å².